The van der Waals surface area contributed by atoms with Crippen LogP contribution in [0.15, 0.2) is 12.1 Å². The second kappa shape index (κ2) is 5.30. The van der Waals surface area contributed by atoms with Crippen LogP contribution in [-0.2, 0) is 4.74 Å². The maximum atomic E-state index is 11.2. The van der Waals surface area contributed by atoms with Crippen molar-refractivity contribution in [2.75, 3.05) is 25.5 Å². The van der Waals surface area contributed by atoms with E-state index in [0.717, 1.165) is 25.9 Å². The van der Waals surface area contributed by atoms with Gasteiger partial charge in [-0.3, -0.25) is 0 Å². The lowest BCUT2D eigenvalue weighted by atomic mass is 9.91. The van der Waals surface area contributed by atoms with Crippen LogP contribution in [0.4, 0.5) is 5.82 Å². The predicted molar refractivity (Wildman–Crippen MR) is 67.5 cm³/mol. The second-order valence-electron chi connectivity index (χ2n) is 4.73. The van der Waals surface area contributed by atoms with Gasteiger partial charge in [0.05, 0.1) is 7.11 Å². The number of esters is 1. The zero-order chi connectivity index (χ0) is 13.0. The quantitative estimate of drug-likeness (QED) is 0.773. The van der Waals surface area contributed by atoms with Gasteiger partial charge in [0.15, 0.2) is 5.69 Å². The molecular weight excluding hydrogens is 232 g/mol. The first-order valence-electron chi connectivity index (χ1n) is 6.04. The average molecular weight is 250 g/mol. The van der Waals surface area contributed by atoms with Crippen molar-refractivity contribution in [2.24, 2.45) is 0 Å². The van der Waals surface area contributed by atoms with Crippen LogP contribution in [0.25, 0.3) is 0 Å². The van der Waals surface area contributed by atoms with E-state index in [1.165, 1.54) is 7.11 Å². The van der Waals surface area contributed by atoms with Crippen molar-refractivity contribution in [3.63, 3.8) is 0 Å². The number of ether oxygens (including phenoxy) is 1. The van der Waals surface area contributed by atoms with Crippen molar-refractivity contribution in [3.05, 3.63) is 17.8 Å². The molecule has 2 N–H and O–H groups in total. The summed E-state index contributed by atoms with van der Waals surface area (Å²) in [5.41, 5.74) is 0.255. The summed E-state index contributed by atoms with van der Waals surface area (Å²) in [5.74, 6) is 0.217. The largest absolute Gasteiger partial charge is 0.464 e. The van der Waals surface area contributed by atoms with Crippen LogP contribution in [0.5, 0.6) is 0 Å². The Morgan fingerprint density at radius 2 is 2.11 bits per heavy atom. The van der Waals surface area contributed by atoms with E-state index in [-0.39, 0.29) is 11.2 Å². The molecule has 0 aliphatic carbocycles. The number of carbonyl (C=O) groups is 1. The van der Waals surface area contributed by atoms with Gasteiger partial charge in [0.2, 0.25) is 0 Å². The summed E-state index contributed by atoms with van der Waals surface area (Å²) in [4.78, 5) is 11.2. The standard InChI is InChI=1S/C12H18N4O2/c1-12(5-7-13-8-6-12)14-10-4-3-9(15-16-10)11(17)18-2/h3-4,13H,5-8H2,1-2H3,(H,14,16). The number of nitrogens with one attached hydrogen (secondary N) is 2. The summed E-state index contributed by atoms with van der Waals surface area (Å²) in [6, 6.07) is 3.37. The predicted octanol–water partition coefficient (Wildman–Crippen LogP) is 0.817. The van der Waals surface area contributed by atoms with E-state index in [1.54, 1.807) is 12.1 Å². The molecule has 0 radical (unpaired) electrons. The Hall–Kier alpha value is -1.69. The highest BCUT2D eigenvalue weighted by Gasteiger charge is 2.26. The summed E-state index contributed by atoms with van der Waals surface area (Å²) >= 11 is 0. The van der Waals surface area contributed by atoms with E-state index in [2.05, 4.69) is 32.5 Å². The number of aromatic nitrogens is 2. The molecule has 98 valence electrons. The van der Waals surface area contributed by atoms with Crippen molar-refractivity contribution < 1.29 is 9.53 Å². The molecule has 0 atom stereocenters. The third-order valence-electron chi connectivity index (χ3n) is 3.20. The molecule has 1 aromatic heterocycles. The number of hydrogen-bond acceptors (Lipinski definition) is 6. The maximum absolute atomic E-state index is 11.2. The number of carbonyl (C=O) groups excluding carboxylic acids is 1. The normalized spacial score (nSPS) is 18.1. The zero-order valence-electron chi connectivity index (χ0n) is 10.7. The zero-order valence-corrected chi connectivity index (χ0v) is 10.7. The van der Waals surface area contributed by atoms with E-state index in [4.69, 9.17) is 0 Å². The van der Waals surface area contributed by atoms with Gasteiger partial charge in [-0.25, -0.2) is 4.79 Å². The number of nitrogens with zero attached hydrogens (tertiary/aromatic N) is 2. The fourth-order valence-corrected chi connectivity index (χ4v) is 2.03. The third kappa shape index (κ3) is 2.95. The Morgan fingerprint density at radius 3 is 2.67 bits per heavy atom. The molecule has 0 amide bonds. The van der Waals surface area contributed by atoms with Crippen molar-refractivity contribution in [1.82, 2.24) is 15.5 Å². The highest BCUT2D eigenvalue weighted by Crippen LogP contribution is 2.22. The van der Waals surface area contributed by atoms with Crippen molar-refractivity contribution >= 4 is 11.8 Å². The third-order valence-corrected chi connectivity index (χ3v) is 3.20. The first-order chi connectivity index (χ1) is 8.63. The van der Waals surface area contributed by atoms with Crippen LogP contribution in [0.1, 0.15) is 30.3 Å². The second-order valence-corrected chi connectivity index (χ2v) is 4.73. The molecule has 6 nitrogen and oxygen atoms in total. The summed E-state index contributed by atoms with van der Waals surface area (Å²) in [6.07, 6.45) is 2.07. The van der Waals surface area contributed by atoms with Crippen LogP contribution in [-0.4, -0.2) is 41.9 Å². The Balaban J connectivity index is 2.03. The van der Waals surface area contributed by atoms with Gasteiger partial charge in [-0.15, -0.1) is 10.2 Å². The maximum Gasteiger partial charge on any atom is 0.358 e. The van der Waals surface area contributed by atoms with Crippen LogP contribution >= 0.6 is 0 Å². The summed E-state index contributed by atoms with van der Waals surface area (Å²) in [6.45, 7) is 4.16. The van der Waals surface area contributed by atoms with E-state index in [9.17, 15) is 4.79 Å². The van der Waals surface area contributed by atoms with Crippen LogP contribution in [0.2, 0.25) is 0 Å². The average Bonchev–Trinajstić information content (AvgIpc) is 2.39. The topological polar surface area (TPSA) is 76.1 Å². The first-order valence-corrected chi connectivity index (χ1v) is 6.04. The Kier molecular flexibility index (Phi) is 3.76. The molecule has 18 heavy (non-hydrogen) atoms. The minimum absolute atomic E-state index is 0.0344. The number of rotatable bonds is 3. The molecule has 0 spiro atoms. The number of piperidine rings is 1. The molecule has 1 fully saturated rings. The Bertz CT molecular complexity index is 413. The van der Waals surface area contributed by atoms with Gasteiger partial charge >= 0.3 is 5.97 Å². The van der Waals surface area contributed by atoms with Gasteiger partial charge in [0, 0.05) is 5.54 Å². The SMILES string of the molecule is COC(=O)c1ccc(NC2(C)CCNCC2)nn1. The Labute approximate surface area is 106 Å². The summed E-state index contributed by atoms with van der Waals surface area (Å²) < 4.78 is 4.58. The monoisotopic (exact) mass is 250 g/mol. The molecular formula is C12H18N4O2. The van der Waals surface area contributed by atoms with E-state index < -0.39 is 5.97 Å². The molecule has 1 aliphatic heterocycles. The van der Waals surface area contributed by atoms with Crippen molar-refractivity contribution in [1.29, 1.82) is 0 Å². The molecule has 0 saturated carbocycles. The van der Waals surface area contributed by atoms with Gasteiger partial charge < -0.3 is 15.4 Å². The van der Waals surface area contributed by atoms with E-state index >= 15 is 0 Å². The molecule has 1 aromatic rings. The fraction of sp³-hybridized carbons (Fsp3) is 0.583. The smallest absolute Gasteiger partial charge is 0.358 e. The minimum Gasteiger partial charge on any atom is -0.464 e. The van der Waals surface area contributed by atoms with Gasteiger partial charge in [-0.2, -0.15) is 0 Å². The highest BCUT2D eigenvalue weighted by molar-refractivity contribution is 5.86. The van der Waals surface area contributed by atoms with E-state index in [1.807, 2.05) is 0 Å². The molecule has 1 aliphatic rings. The molecule has 0 unspecified atom stereocenters. The molecule has 0 aromatic carbocycles. The number of hydrogen-bond donors (Lipinski definition) is 2. The summed E-state index contributed by atoms with van der Waals surface area (Å²) in [5, 5.41) is 14.5. The van der Waals surface area contributed by atoms with Gasteiger partial charge in [0.1, 0.15) is 5.82 Å². The molecule has 0 bridgehead atoms. The van der Waals surface area contributed by atoms with Gasteiger partial charge in [-0.1, -0.05) is 0 Å². The van der Waals surface area contributed by atoms with Crippen LogP contribution in [0.3, 0.4) is 0 Å². The van der Waals surface area contributed by atoms with Gasteiger partial charge in [0.25, 0.3) is 0 Å². The Morgan fingerprint density at radius 1 is 1.39 bits per heavy atom. The van der Waals surface area contributed by atoms with Crippen molar-refractivity contribution in [2.45, 2.75) is 25.3 Å². The highest BCUT2D eigenvalue weighted by atomic mass is 16.5. The number of anilines is 1. The van der Waals surface area contributed by atoms with E-state index in [0.29, 0.717) is 5.82 Å². The fourth-order valence-electron chi connectivity index (χ4n) is 2.03. The lowest BCUT2D eigenvalue weighted by molar-refractivity contribution is 0.0593. The van der Waals surface area contributed by atoms with Gasteiger partial charge in [-0.05, 0) is 45.0 Å². The molecule has 2 rings (SSSR count). The van der Waals surface area contributed by atoms with Crippen molar-refractivity contribution in [3.8, 4) is 0 Å². The van der Waals surface area contributed by atoms with Crippen LogP contribution < -0.4 is 10.6 Å². The molecule has 2 heterocycles. The summed E-state index contributed by atoms with van der Waals surface area (Å²) in [7, 11) is 1.33. The number of methoxy groups -OCH3 is 1. The lowest BCUT2D eigenvalue weighted by Crippen LogP contribution is -2.45. The first kappa shape index (κ1) is 12.8. The minimum atomic E-state index is -0.470. The van der Waals surface area contributed by atoms with Crippen LogP contribution in [0, 0.1) is 0 Å². The lowest BCUT2D eigenvalue weighted by Gasteiger charge is -2.35. The molecule has 6 heteroatoms. The molecule has 1 saturated heterocycles.